The number of urea groups is 1. The van der Waals surface area contributed by atoms with Crippen molar-refractivity contribution in [2.75, 3.05) is 22.6 Å². The van der Waals surface area contributed by atoms with E-state index in [1.54, 1.807) is 64.3 Å². The van der Waals surface area contributed by atoms with Gasteiger partial charge in [-0.05, 0) is 63.2 Å². The van der Waals surface area contributed by atoms with Gasteiger partial charge in [0.1, 0.15) is 17.4 Å². The number of aromatic nitrogens is 2. The number of hydrogen-bond donors (Lipinski definition) is 3. The van der Waals surface area contributed by atoms with Crippen molar-refractivity contribution in [1.29, 1.82) is 0 Å². The Morgan fingerprint density at radius 1 is 1.19 bits per heavy atom. The van der Waals surface area contributed by atoms with E-state index >= 15 is 0 Å². The number of amides is 2. The van der Waals surface area contributed by atoms with Crippen LogP contribution in [0.1, 0.15) is 20.8 Å². The molecule has 0 unspecified atom stereocenters. The van der Waals surface area contributed by atoms with Crippen LogP contribution in [0.5, 0.6) is 5.75 Å². The van der Waals surface area contributed by atoms with E-state index in [1.807, 2.05) is 0 Å². The lowest BCUT2D eigenvalue weighted by Gasteiger charge is -2.27. The van der Waals surface area contributed by atoms with E-state index in [9.17, 15) is 14.3 Å². The lowest BCUT2D eigenvalue weighted by Crippen LogP contribution is -2.40. The summed E-state index contributed by atoms with van der Waals surface area (Å²) in [6, 6.07) is 13.1. The SMILES string of the molecule is COc1ccc(N(C(=O)Nc2cccc(F)c2)c2ccnc(N[C@@H](C)C(C)(C)O)n2)cc1. The predicted octanol–water partition coefficient (Wildman–Crippen LogP) is 4.57. The highest BCUT2D eigenvalue weighted by atomic mass is 19.1. The zero-order chi connectivity index (χ0) is 23.3. The second-order valence-electron chi connectivity index (χ2n) is 7.73. The topological polar surface area (TPSA) is 99.6 Å². The highest BCUT2D eigenvalue weighted by molar-refractivity contribution is 6.06. The molecule has 0 aliphatic carbocycles. The number of nitrogens with one attached hydrogen (secondary N) is 2. The monoisotopic (exact) mass is 439 g/mol. The minimum Gasteiger partial charge on any atom is -0.497 e. The van der Waals surface area contributed by atoms with Crippen LogP contribution < -0.4 is 20.3 Å². The minimum absolute atomic E-state index is 0.245. The van der Waals surface area contributed by atoms with Gasteiger partial charge in [-0.2, -0.15) is 4.98 Å². The van der Waals surface area contributed by atoms with Gasteiger partial charge in [0.15, 0.2) is 0 Å². The summed E-state index contributed by atoms with van der Waals surface area (Å²) in [6.07, 6.45) is 1.51. The summed E-state index contributed by atoms with van der Waals surface area (Å²) in [4.78, 5) is 23.2. The standard InChI is InChI=1S/C23H26FN5O3/c1-15(23(2,3)31)26-21-25-13-12-20(28-21)29(18-8-10-19(32-4)11-9-18)22(30)27-17-7-5-6-16(24)14-17/h5-15,31H,1-4H3,(H,27,30)(H,25,26,28)/t15-/m0/s1. The third-order valence-corrected chi connectivity index (χ3v) is 4.88. The number of nitrogens with zero attached hydrogens (tertiary/aromatic N) is 3. The lowest BCUT2D eigenvalue weighted by molar-refractivity contribution is 0.0646. The van der Waals surface area contributed by atoms with Gasteiger partial charge in [0.2, 0.25) is 5.95 Å². The number of anilines is 4. The largest absolute Gasteiger partial charge is 0.497 e. The van der Waals surface area contributed by atoms with Gasteiger partial charge in [-0.15, -0.1) is 0 Å². The van der Waals surface area contributed by atoms with Gasteiger partial charge in [-0.1, -0.05) is 6.07 Å². The molecule has 0 spiro atoms. The highest BCUT2D eigenvalue weighted by Crippen LogP contribution is 2.28. The van der Waals surface area contributed by atoms with E-state index in [2.05, 4.69) is 20.6 Å². The maximum absolute atomic E-state index is 13.6. The molecule has 1 heterocycles. The number of rotatable bonds is 7. The fourth-order valence-electron chi connectivity index (χ4n) is 2.74. The number of carbonyl (C=O) groups excluding carboxylic acids is 1. The van der Waals surface area contributed by atoms with E-state index in [0.29, 0.717) is 17.1 Å². The zero-order valence-electron chi connectivity index (χ0n) is 18.3. The van der Waals surface area contributed by atoms with E-state index in [4.69, 9.17) is 4.74 Å². The summed E-state index contributed by atoms with van der Waals surface area (Å²) >= 11 is 0. The zero-order valence-corrected chi connectivity index (χ0v) is 18.3. The van der Waals surface area contributed by atoms with Gasteiger partial charge in [0.05, 0.1) is 24.4 Å². The average molecular weight is 439 g/mol. The Hall–Kier alpha value is -3.72. The van der Waals surface area contributed by atoms with Crippen LogP contribution in [0.4, 0.5) is 32.3 Å². The Labute approximate surface area is 186 Å². The van der Waals surface area contributed by atoms with Crippen LogP contribution in [0.15, 0.2) is 60.8 Å². The lowest BCUT2D eigenvalue weighted by atomic mass is 10.0. The number of methoxy groups -OCH3 is 1. The minimum atomic E-state index is -1.01. The molecule has 9 heteroatoms. The first-order chi connectivity index (χ1) is 15.2. The van der Waals surface area contributed by atoms with Crippen LogP contribution >= 0.6 is 0 Å². The van der Waals surface area contributed by atoms with Crippen molar-refractivity contribution in [2.45, 2.75) is 32.4 Å². The molecule has 1 aromatic heterocycles. The predicted molar refractivity (Wildman–Crippen MR) is 122 cm³/mol. The van der Waals surface area contributed by atoms with Crippen LogP contribution in [0.25, 0.3) is 0 Å². The van der Waals surface area contributed by atoms with E-state index in [0.717, 1.165) is 0 Å². The molecule has 3 N–H and O–H groups in total. The van der Waals surface area contributed by atoms with Crippen molar-refractivity contribution in [3.8, 4) is 5.75 Å². The van der Waals surface area contributed by atoms with Crippen LogP contribution in [0.3, 0.4) is 0 Å². The van der Waals surface area contributed by atoms with Gasteiger partial charge in [-0.3, -0.25) is 0 Å². The molecule has 1 atom stereocenters. The van der Waals surface area contributed by atoms with Crippen molar-refractivity contribution in [3.63, 3.8) is 0 Å². The Bertz CT molecular complexity index is 1070. The molecule has 2 aromatic carbocycles. The Morgan fingerprint density at radius 3 is 2.53 bits per heavy atom. The first-order valence-electron chi connectivity index (χ1n) is 10.00. The fraction of sp³-hybridized carbons (Fsp3) is 0.261. The summed E-state index contributed by atoms with van der Waals surface area (Å²) in [5.41, 5.74) is -0.194. The molecule has 168 valence electrons. The number of benzene rings is 2. The average Bonchev–Trinajstić information content (AvgIpc) is 2.74. The van der Waals surface area contributed by atoms with Crippen molar-refractivity contribution < 1.29 is 19.0 Å². The number of aliphatic hydroxyl groups is 1. The van der Waals surface area contributed by atoms with Crippen LogP contribution in [-0.4, -0.2) is 39.9 Å². The second-order valence-corrected chi connectivity index (χ2v) is 7.73. The maximum Gasteiger partial charge on any atom is 0.332 e. The van der Waals surface area contributed by atoms with E-state index < -0.39 is 17.4 Å². The molecule has 0 saturated carbocycles. The molecular weight excluding hydrogens is 413 g/mol. The molecule has 2 amide bonds. The molecule has 0 aliphatic rings. The summed E-state index contributed by atoms with van der Waals surface area (Å²) in [5, 5.41) is 15.9. The van der Waals surface area contributed by atoms with Crippen molar-refractivity contribution in [1.82, 2.24) is 9.97 Å². The normalized spacial score (nSPS) is 12.1. The number of carbonyl (C=O) groups is 1. The molecule has 3 aromatic rings. The van der Waals surface area contributed by atoms with Crippen molar-refractivity contribution >= 4 is 29.2 Å². The van der Waals surface area contributed by atoms with E-state index in [1.165, 1.54) is 29.3 Å². The number of halogens is 1. The first kappa shape index (κ1) is 23.0. The smallest absolute Gasteiger partial charge is 0.332 e. The Balaban J connectivity index is 1.96. The van der Waals surface area contributed by atoms with Gasteiger partial charge in [0.25, 0.3) is 0 Å². The Morgan fingerprint density at radius 2 is 1.91 bits per heavy atom. The molecule has 0 radical (unpaired) electrons. The maximum atomic E-state index is 13.6. The van der Waals surface area contributed by atoms with E-state index in [-0.39, 0.29) is 17.8 Å². The van der Waals surface area contributed by atoms with Gasteiger partial charge in [-0.25, -0.2) is 19.1 Å². The molecule has 8 nitrogen and oxygen atoms in total. The molecule has 3 rings (SSSR count). The highest BCUT2D eigenvalue weighted by Gasteiger charge is 2.24. The summed E-state index contributed by atoms with van der Waals surface area (Å²) in [6.45, 7) is 5.14. The summed E-state index contributed by atoms with van der Waals surface area (Å²) < 4.78 is 18.8. The van der Waals surface area contributed by atoms with Gasteiger partial charge < -0.3 is 20.5 Å². The van der Waals surface area contributed by atoms with Gasteiger partial charge >= 0.3 is 6.03 Å². The third-order valence-electron chi connectivity index (χ3n) is 4.88. The number of ether oxygens (including phenoxy) is 1. The molecule has 0 fully saturated rings. The quantitative estimate of drug-likeness (QED) is 0.499. The second kappa shape index (κ2) is 9.61. The first-order valence-corrected chi connectivity index (χ1v) is 10.00. The van der Waals surface area contributed by atoms with Crippen molar-refractivity contribution in [2.24, 2.45) is 0 Å². The molecule has 0 aliphatic heterocycles. The fourth-order valence-corrected chi connectivity index (χ4v) is 2.74. The van der Waals surface area contributed by atoms with Crippen LogP contribution in [0, 0.1) is 5.82 Å². The third kappa shape index (κ3) is 5.70. The van der Waals surface area contributed by atoms with Gasteiger partial charge in [0, 0.05) is 18.0 Å². The molecular formula is C23H26FN5O3. The van der Waals surface area contributed by atoms with Crippen LogP contribution in [-0.2, 0) is 0 Å². The van der Waals surface area contributed by atoms with Crippen LogP contribution in [0.2, 0.25) is 0 Å². The molecule has 32 heavy (non-hydrogen) atoms. The Kier molecular flexibility index (Phi) is 6.89. The molecule has 0 bridgehead atoms. The molecule has 0 saturated heterocycles. The summed E-state index contributed by atoms with van der Waals surface area (Å²) in [5.74, 6) is 0.690. The summed E-state index contributed by atoms with van der Waals surface area (Å²) in [7, 11) is 1.55. The number of hydrogen-bond acceptors (Lipinski definition) is 6. The van der Waals surface area contributed by atoms with Crippen molar-refractivity contribution in [3.05, 3.63) is 66.6 Å².